The van der Waals surface area contributed by atoms with Gasteiger partial charge in [-0.25, -0.2) is 4.98 Å². The molecule has 1 saturated heterocycles. The number of hydrogen-bond acceptors (Lipinski definition) is 5. The van der Waals surface area contributed by atoms with E-state index in [1.165, 1.54) is 19.4 Å². The Morgan fingerprint density at radius 3 is 2.65 bits per heavy atom. The zero-order valence-corrected chi connectivity index (χ0v) is 20.7. The number of nitrogens with zero attached hydrogens (tertiary/aromatic N) is 3. The van der Waals surface area contributed by atoms with Crippen molar-refractivity contribution in [2.75, 3.05) is 39.9 Å². The summed E-state index contributed by atoms with van der Waals surface area (Å²) in [5.41, 5.74) is 1.07. The first kappa shape index (κ1) is 25.2. The lowest BCUT2D eigenvalue weighted by Crippen LogP contribution is -2.44. The van der Waals surface area contributed by atoms with Crippen molar-refractivity contribution < 1.29 is 9.47 Å². The molecule has 1 aromatic heterocycles. The molecule has 0 bridgehead atoms. The summed E-state index contributed by atoms with van der Waals surface area (Å²) in [5.74, 6) is 2.25. The van der Waals surface area contributed by atoms with Crippen LogP contribution >= 0.6 is 24.0 Å². The number of nitrogens with one attached hydrogen (secondary N) is 2. The molecule has 1 aromatic carbocycles. The predicted molar refractivity (Wildman–Crippen MR) is 136 cm³/mol. The maximum Gasteiger partial charge on any atom is 0.213 e. The third kappa shape index (κ3) is 8.53. The molecule has 2 heterocycles. The average molecular weight is 539 g/mol. The van der Waals surface area contributed by atoms with E-state index in [1.54, 1.807) is 7.05 Å². The monoisotopic (exact) mass is 539 g/mol. The Morgan fingerprint density at radius 2 is 1.94 bits per heavy atom. The van der Waals surface area contributed by atoms with Gasteiger partial charge in [-0.2, -0.15) is 0 Å². The van der Waals surface area contributed by atoms with Crippen molar-refractivity contribution in [2.45, 2.75) is 32.4 Å². The first-order valence-corrected chi connectivity index (χ1v) is 10.7. The summed E-state index contributed by atoms with van der Waals surface area (Å²) in [6.07, 6.45) is 4.35. The van der Waals surface area contributed by atoms with Crippen molar-refractivity contribution in [1.82, 2.24) is 20.5 Å². The molecule has 1 unspecified atom stereocenters. The van der Waals surface area contributed by atoms with E-state index in [2.05, 4.69) is 32.4 Å². The molecule has 1 aliphatic rings. The molecule has 1 atom stereocenters. The number of para-hydroxylation sites is 1. The Morgan fingerprint density at radius 1 is 1.13 bits per heavy atom. The van der Waals surface area contributed by atoms with Crippen LogP contribution in [-0.2, 0) is 6.54 Å². The fourth-order valence-corrected chi connectivity index (χ4v) is 3.59. The maximum atomic E-state index is 5.65. The molecule has 0 saturated carbocycles. The number of ether oxygens (including phenoxy) is 2. The lowest BCUT2D eigenvalue weighted by molar-refractivity contribution is 0.212. The molecule has 170 valence electrons. The van der Waals surface area contributed by atoms with E-state index in [0.29, 0.717) is 31.7 Å². The maximum absolute atomic E-state index is 5.65. The Hall–Kier alpha value is -2.07. The van der Waals surface area contributed by atoms with Gasteiger partial charge in [0.15, 0.2) is 5.96 Å². The van der Waals surface area contributed by atoms with Crippen LogP contribution in [0.25, 0.3) is 0 Å². The lowest BCUT2D eigenvalue weighted by Gasteiger charge is -2.24. The van der Waals surface area contributed by atoms with E-state index in [4.69, 9.17) is 9.47 Å². The highest BCUT2D eigenvalue weighted by atomic mass is 127. The van der Waals surface area contributed by atoms with Gasteiger partial charge in [-0.05, 0) is 43.6 Å². The van der Waals surface area contributed by atoms with Crippen LogP contribution in [0.5, 0.6) is 11.6 Å². The Kier molecular flexibility index (Phi) is 11.4. The summed E-state index contributed by atoms with van der Waals surface area (Å²) in [5, 5.41) is 6.80. The van der Waals surface area contributed by atoms with Crippen LogP contribution in [0.15, 0.2) is 53.7 Å². The SMILES string of the molecule is CCN1CCCC1CNC(=NC)NCc1ccc(OCCOc2ccccc2)nc1.I. The van der Waals surface area contributed by atoms with Crippen LogP contribution in [0.4, 0.5) is 0 Å². The van der Waals surface area contributed by atoms with Crippen LogP contribution in [0.3, 0.4) is 0 Å². The molecule has 2 N–H and O–H groups in total. The Balaban J connectivity index is 0.00000341. The minimum atomic E-state index is 0. The fourth-order valence-electron chi connectivity index (χ4n) is 3.59. The van der Waals surface area contributed by atoms with Gasteiger partial charge in [0.25, 0.3) is 0 Å². The molecule has 8 heteroatoms. The standard InChI is InChI=1S/C23H33N5O2.HI/c1-3-28-13-7-8-20(28)18-27-23(24-2)26-17-19-11-12-22(25-16-19)30-15-14-29-21-9-5-4-6-10-21;/h4-6,9-12,16,20H,3,7-8,13-15,17-18H2,1-2H3,(H2,24,26,27);1H. The van der Waals surface area contributed by atoms with E-state index in [0.717, 1.165) is 30.4 Å². The summed E-state index contributed by atoms with van der Waals surface area (Å²) in [7, 11) is 1.80. The van der Waals surface area contributed by atoms with Crippen molar-refractivity contribution in [3.8, 4) is 11.6 Å². The number of aromatic nitrogens is 1. The second-order valence-electron chi connectivity index (χ2n) is 7.25. The van der Waals surface area contributed by atoms with E-state index >= 15 is 0 Å². The van der Waals surface area contributed by atoms with Crippen LogP contribution in [0.2, 0.25) is 0 Å². The van der Waals surface area contributed by atoms with Crippen molar-refractivity contribution in [3.05, 3.63) is 54.2 Å². The second-order valence-corrected chi connectivity index (χ2v) is 7.25. The number of hydrogen-bond donors (Lipinski definition) is 2. The Bertz CT molecular complexity index is 773. The minimum absolute atomic E-state index is 0. The number of benzene rings is 1. The van der Waals surface area contributed by atoms with E-state index in [1.807, 2.05) is 48.7 Å². The van der Waals surface area contributed by atoms with Gasteiger partial charge in [-0.1, -0.05) is 31.2 Å². The van der Waals surface area contributed by atoms with Crippen molar-refractivity contribution in [2.24, 2.45) is 4.99 Å². The number of halogens is 1. The molecule has 3 rings (SSSR count). The van der Waals surface area contributed by atoms with Crippen LogP contribution < -0.4 is 20.1 Å². The number of aliphatic imine (C=N–C) groups is 1. The van der Waals surface area contributed by atoms with Gasteiger partial charge in [0.2, 0.25) is 5.88 Å². The topological polar surface area (TPSA) is 71.0 Å². The molecule has 0 radical (unpaired) electrons. The highest BCUT2D eigenvalue weighted by Crippen LogP contribution is 2.15. The molecule has 0 spiro atoms. The molecule has 0 amide bonds. The highest BCUT2D eigenvalue weighted by molar-refractivity contribution is 14.0. The lowest BCUT2D eigenvalue weighted by atomic mass is 10.2. The second kappa shape index (κ2) is 14.1. The number of pyridine rings is 1. The zero-order chi connectivity index (χ0) is 21.0. The first-order chi connectivity index (χ1) is 14.8. The highest BCUT2D eigenvalue weighted by Gasteiger charge is 2.22. The van der Waals surface area contributed by atoms with Crippen molar-refractivity contribution in [1.29, 1.82) is 0 Å². The van der Waals surface area contributed by atoms with E-state index in [9.17, 15) is 0 Å². The summed E-state index contributed by atoms with van der Waals surface area (Å²) in [6, 6.07) is 14.2. The summed E-state index contributed by atoms with van der Waals surface area (Å²) in [6.45, 7) is 7.04. The number of likely N-dealkylation sites (tertiary alicyclic amines) is 1. The van der Waals surface area contributed by atoms with E-state index in [-0.39, 0.29) is 24.0 Å². The zero-order valence-electron chi connectivity index (χ0n) is 18.4. The Labute approximate surface area is 202 Å². The van der Waals surface area contributed by atoms with Gasteiger partial charge in [-0.3, -0.25) is 9.89 Å². The molecule has 7 nitrogen and oxygen atoms in total. The van der Waals surface area contributed by atoms with Gasteiger partial charge in [-0.15, -0.1) is 24.0 Å². The van der Waals surface area contributed by atoms with Crippen LogP contribution in [0.1, 0.15) is 25.3 Å². The quantitative estimate of drug-likeness (QED) is 0.209. The van der Waals surface area contributed by atoms with Crippen LogP contribution in [0, 0.1) is 0 Å². The van der Waals surface area contributed by atoms with E-state index < -0.39 is 0 Å². The minimum Gasteiger partial charge on any atom is -0.490 e. The number of rotatable bonds is 10. The van der Waals surface area contributed by atoms with Gasteiger partial charge in [0, 0.05) is 38.4 Å². The summed E-state index contributed by atoms with van der Waals surface area (Å²) in [4.78, 5) is 11.2. The molecular weight excluding hydrogens is 505 g/mol. The molecular formula is C23H34IN5O2. The van der Waals surface area contributed by atoms with Gasteiger partial charge < -0.3 is 20.1 Å². The molecule has 1 fully saturated rings. The molecule has 2 aromatic rings. The van der Waals surface area contributed by atoms with Crippen LogP contribution in [-0.4, -0.2) is 61.8 Å². The largest absolute Gasteiger partial charge is 0.490 e. The van der Waals surface area contributed by atoms with Crippen molar-refractivity contribution in [3.63, 3.8) is 0 Å². The molecule has 1 aliphatic heterocycles. The van der Waals surface area contributed by atoms with Gasteiger partial charge in [0.1, 0.15) is 19.0 Å². The molecule has 31 heavy (non-hydrogen) atoms. The summed E-state index contributed by atoms with van der Waals surface area (Å²) < 4.78 is 11.3. The average Bonchev–Trinajstić information content (AvgIpc) is 3.26. The number of likely N-dealkylation sites (N-methyl/N-ethyl adjacent to an activating group) is 1. The first-order valence-electron chi connectivity index (χ1n) is 10.7. The fraction of sp³-hybridized carbons (Fsp3) is 0.478. The van der Waals surface area contributed by atoms with Gasteiger partial charge >= 0.3 is 0 Å². The predicted octanol–water partition coefficient (Wildman–Crippen LogP) is 3.31. The molecule has 0 aliphatic carbocycles. The smallest absolute Gasteiger partial charge is 0.213 e. The van der Waals surface area contributed by atoms with Gasteiger partial charge in [0.05, 0.1) is 0 Å². The third-order valence-electron chi connectivity index (χ3n) is 5.24. The van der Waals surface area contributed by atoms with Crippen molar-refractivity contribution >= 4 is 29.9 Å². The normalized spacial score (nSPS) is 16.5. The third-order valence-corrected chi connectivity index (χ3v) is 5.24. The number of guanidine groups is 1. The summed E-state index contributed by atoms with van der Waals surface area (Å²) >= 11 is 0.